The van der Waals surface area contributed by atoms with Crippen LogP contribution in [0.5, 0.6) is 0 Å². The number of aliphatic carboxylic acids is 1. The van der Waals surface area contributed by atoms with Crippen molar-refractivity contribution in [2.24, 2.45) is 5.41 Å². The third-order valence-electron chi connectivity index (χ3n) is 3.97. The summed E-state index contributed by atoms with van der Waals surface area (Å²) in [6.45, 7) is 4.65. The normalized spacial score (nSPS) is 11.9. The second-order valence-corrected chi connectivity index (χ2v) is 7.40. The summed E-state index contributed by atoms with van der Waals surface area (Å²) in [5.74, 6) is 0.802. The van der Waals surface area contributed by atoms with Crippen LogP contribution in [0.2, 0.25) is 0 Å². The number of carbonyl (C=O) groups is 1. The second-order valence-electron chi connectivity index (χ2n) is 6.37. The van der Waals surface area contributed by atoms with E-state index in [0.29, 0.717) is 19.5 Å². The van der Waals surface area contributed by atoms with Gasteiger partial charge in [-0.05, 0) is 51.1 Å². The summed E-state index contributed by atoms with van der Waals surface area (Å²) >= 11 is 1.61. The number of carboxylic acids is 1. The molecule has 0 spiro atoms. The average Bonchev–Trinajstić information content (AvgIpc) is 3.17. The molecule has 1 aromatic carbocycles. The monoisotopic (exact) mass is 344 g/mol. The first-order valence-corrected chi connectivity index (χ1v) is 8.66. The molecule has 0 fully saturated rings. The molecule has 0 aliphatic carbocycles. The standard InChI is InChI=1S/C18H20N2O3S/c1-18(2,17(21)22)9-10-19-11-12-7-8-14(23-12)16-20-13-5-3-4-6-15(13)24-16/h3-8,19H,9-11H2,1-2H3,(H,21,22). The zero-order valence-corrected chi connectivity index (χ0v) is 14.5. The maximum Gasteiger partial charge on any atom is 0.309 e. The second kappa shape index (κ2) is 6.75. The molecule has 0 aliphatic rings. The van der Waals surface area contributed by atoms with Crippen LogP contribution in [-0.2, 0) is 11.3 Å². The van der Waals surface area contributed by atoms with Crippen molar-refractivity contribution in [1.29, 1.82) is 0 Å². The van der Waals surface area contributed by atoms with Crippen LogP contribution in [0, 0.1) is 5.41 Å². The van der Waals surface area contributed by atoms with Gasteiger partial charge in [0.1, 0.15) is 5.76 Å². The molecule has 0 atom stereocenters. The van der Waals surface area contributed by atoms with Crippen molar-refractivity contribution in [1.82, 2.24) is 10.3 Å². The fourth-order valence-corrected chi connectivity index (χ4v) is 3.21. The lowest BCUT2D eigenvalue weighted by Crippen LogP contribution is -2.28. The quantitative estimate of drug-likeness (QED) is 0.630. The number of benzene rings is 1. The van der Waals surface area contributed by atoms with E-state index in [-0.39, 0.29) is 0 Å². The van der Waals surface area contributed by atoms with Gasteiger partial charge in [0.05, 0.1) is 22.2 Å². The van der Waals surface area contributed by atoms with Gasteiger partial charge in [-0.2, -0.15) is 0 Å². The van der Waals surface area contributed by atoms with Crippen LogP contribution in [0.15, 0.2) is 40.8 Å². The summed E-state index contributed by atoms with van der Waals surface area (Å²) in [5, 5.41) is 13.2. The fraction of sp³-hybridized carbons (Fsp3) is 0.333. The smallest absolute Gasteiger partial charge is 0.309 e. The van der Waals surface area contributed by atoms with Crippen molar-refractivity contribution in [3.8, 4) is 10.8 Å². The number of fused-ring (bicyclic) bond motifs is 1. The Hall–Kier alpha value is -2.18. The van der Waals surface area contributed by atoms with E-state index >= 15 is 0 Å². The van der Waals surface area contributed by atoms with Gasteiger partial charge in [0.2, 0.25) is 0 Å². The first kappa shape index (κ1) is 16.7. The maximum absolute atomic E-state index is 11.1. The van der Waals surface area contributed by atoms with Gasteiger partial charge in [-0.25, -0.2) is 4.98 Å². The first-order chi connectivity index (χ1) is 11.5. The number of nitrogens with one attached hydrogen (secondary N) is 1. The van der Waals surface area contributed by atoms with Crippen LogP contribution >= 0.6 is 11.3 Å². The Balaban J connectivity index is 1.59. The molecule has 3 aromatic rings. The molecule has 0 amide bonds. The molecule has 0 aliphatic heterocycles. The predicted molar refractivity (Wildman–Crippen MR) is 95.1 cm³/mol. The number of aromatic nitrogens is 1. The van der Waals surface area contributed by atoms with E-state index in [4.69, 9.17) is 9.52 Å². The molecule has 0 saturated carbocycles. The Morgan fingerprint density at radius 3 is 2.83 bits per heavy atom. The lowest BCUT2D eigenvalue weighted by atomic mass is 9.90. The molecular weight excluding hydrogens is 324 g/mol. The van der Waals surface area contributed by atoms with Gasteiger partial charge in [-0.3, -0.25) is 4.79 Å². The van der Waals surface area contributed by atoms with Crippen molar-refractivity contribution in [3.05, 3.63) is 42.2 Å². The summed E-state index contributed by atoms with van der Waals surface area (Å²) in [6, 6.07) is 11.9. The third-order valence-corrected chi connectivity index (χ3v) is 5.02. The first-order valence-electron chi connectivity index (χ1n) is 7.84. The SMILES string of the molecule is CC(C)(CCNCc1ccc(-c2nc3ccccc3s2)o1)C(=O)O. The predicted octanol–water partition coefficient (Wildman–Crippen LogP) is 4.15. The largest absolute Gasteiger partial charge is 0.481 e. The molecule has 2 aromatic heterocycles. The third kappa shape index (κ3) is 3.66. The highest BCUT2D eigenvalue weighted by atomic mass is 32.1. The van der Waals surface area contributed by atoms with Gasteiger partial charge < -0.3 is 14.8 Å². The van der Waals surface area contributed by atoms with Gasteiger partial charge in [-0.15, -0.1) is 11.3 Å². The summed E-state index contributed by atoms with van der Waals surface area (Å²) in [4.78, 5) is 15.7. The number of thiazole rings is 1. The number of hydrogen-bond donors (Lipinski definition) is 2. The molecule has 5 nitrogen and oxygen atoms in total. The number of furan rings is 1. The van der Waals surface area contributed by atoms with E-state index in [1.54, 1.807) is 25.2 Å². The average molecular weight is 344 g/mol. The summed E-state index contributed by atoms with van der Waals surface area (Å²) in [5.41, 5.74) is 0.256. The van der Waals surface area contributed by atoms with Crippen molar-refractivity contribution in [2.75, 3.05) is 6.54 Å². The number of nitrogens with zero attached hydrogens (tertiary/aromatic N) is 1. The van der Waals surface area contributed by atoms with Gasteiger partial charge in [0, 0.05) is 0 Å². The number of carboxylic acid groups (broad SMARTS) is 1. The summed E-state index contributed by atoms with van der Waals surface area (Å²) < 4.78 is 6.99. The Morgan fingerprint density at radius 2 is 2.08 bits per heavy atom. The Labute approximate surface area is 144 Å². The van der Waals surface area contributed by atoms with Crippen LogP contribution in [0.1, 0.15) is 26.0 Å². The lowest BCUT2D eigenvalue weighted by Gasteiger charge is -2.18. The maximum atomic E-state index is 11.1. The Kier molecular flexibility index (Phi) is 4.69. The van der Waals surface area contributed by atoms with E-state index in [1.807, 2.05) is 36.4 Å². The van der Waals surface area contributed by atoms with Crippen molar-refractivity contribution in [3.63, 3.8) is 0 Å². The summed E-state index contributed by atoms with van der Waals surface area (Å²) in [6.07, 6.45) is 0.563. The van der Waals surface area contributed by atoms with E-state index < -0.39 is 11.4 Å². The molecule has 3 rings (SSSR count). The molecule has 126 valence electrons. The molecule has 0 unspecified atom stereocenters. The van der Waals surface area contributed by atoms with Crippen LogP contribution < -0.4 is 5.32 Å². The van der Waals surface area contributed by atoms with Crippen molar-refractivity contribution >= 4 is 27.5 Å². The summed E-state index contributed by atoms with van der Waals surface area (Å²) in [7, 11) is 0. The van der Waals surface area contributed by atoms with Gasteiger partial charge in [0.15, 0.2) is 10.8 Å². The topological polar surface area (TPSA) is 75.4 Å². The van der Waals surface area contributed by atoms with E-state index in [2.05, 4.69) is 10.3 Å². The Morgan fingerprint density at radius 1 is 1.29 bits per heavy atom. The highest BCUT2D eigenvalue weighted by Gasteiger charge is 2.26. The van der Waals surface area contributed by atoms with E-state index in [1.165, 1.54) is 0 Å². The zero-order valence-electron chi connectivity index (χ0n) is 13.7. The minimum Gasteiger partial charge on any atom is -0.481 e. The van der Waals surface area contributed by atoms with Crippen LogP contribution in [0.25, 0.3) is 21.0 Å². The van der Waals surface area contributed by atoms with E-state index in [9.17, 15) is 4.79 Å². The van der Waals surface area contributed by atoms with Gasteiger partial charge >= 0.3 is 5.97 Å². The Bertz CT molecular complexity index is 818. The minimum atomic E-state index is -0.777. The molecule has 2 heterocycles. The van der Waals surface area contributed by atoms with Crippen LogP contribution in [0.4, 0.5) is 0 Å². The molecule has 0 saturated heterocycles. The zero-order chi connectivity index (χ0) is 17.2. The van der Waals surface area contributed by atoms with Gasteiger partial charge in [0.25, 0.3) is 0 Å². The number of para-hydroxylation sites is 1. The van der Waals surface area contributed by atoms with Crippen molar-refractivity contribution < 1.29 is 14.3 Å². The van der Waals surface area contributed by atoms with Crippen LogP contribution in [-0.4, -0.2) is 22.6 Å². The number of hydrogen-bond acceptors (Lipinski definition) is 5. The lowest BCUT2D eigenvalue weighted by molar-refractivity contribution is -0.147. The number of rotatable bonds is 7. The van der Waals surface area contributed by atoms with Gasteiger partial charge in [-0.1, -0.05) is 12.1 Å². The molecular formula is C18H20N2O3S. The van der Waals surface area contributed by atoms with Crippen molar-refractivity contribution in [2.45, 2.75) is 26.8 Å². The molecule has 0 radical (unpaired) electrons. The highest BCUT2D eigenvalue weighted by molar-refractivity contribution is 7.21. The molecule has 24 heavy (non-hydrogen) atoms. The molecule has 2 N–H and O–H groups in total. The molecule has 0 bridgehead atoms. The molecule has 6 heteroatoms. The van der Waals surface area contributed by atoms with Crippen LogP contribution in [0.3, 0.4) is 0 Å². The highest BCUT2D eigenvalue weighted by Crippen LogP contribution is 2.31. The van der Waals surface area contributed by atoms with E-state index in [0.717, 1.165) is 26.7 Å². The minimum absolute atomic E-state index is 0.563. The fourth-order valence-electron chi connectivity index (χ4n) is 2.28.